The molecule has 0 amide bonds. The van der Waals surface area contributed by atoms with Gasteiger partial charge in [-0.1, -0.05) is 225 Å². The molecule has 4 heteroatoms. The first-order chi connectivity index (χ1) is 24.5. The van der Waals surface area contributed by atoms with Crippen LogP contribution in [0, 0.1) is 0 Å². The molecule has 0 saturated carbocycles. The normalized spacial score (nSPS) is 12.0. The molecule has 0 aliphatic heterocycles. The molecule has 0 unspecified atom stereocenters. The van der Waals surface area contributed by atoms with Crippen molar-refractivity contribution in [1.82, 2.24) is 0 Å². The van der Waals surface area contributed by atoms with Crippen molar-refractivity contribution in [3.8, 4) is 0 Å². The van der Waals surface area contributed by atoms with Crippen LogP contribution in [-0.4, -0.2) is 13.0 Å². The van der Waals surface area contributed by atoms with E-state index in [0.29, 0.717) is 0 Å². The zero-order valence-corrected chi connectivity index (χ0v) is 33.9. The first kappa shape index (κ1) is 44.8. The minimum Gasteiger partial charge on any atom is -0.282 e. The summed E-state index contributed by atoms with van der Waals surface area (Å²) in [4.78, 5) is -0.00193. The first-order valence-electron chi connectivity index (χ1n) is 22.0. The zero-order chi connectivity index (χ0) is 36.0. The number of fused-ring (bicyclic) bond motifs is 1. The summed E-state index contributed by atoms with van der Waals surface area (Å²) in [7, 11) is -4.21. The SMILES string of the molecule is CCCCCCCCCCCCCCCCCCc1cc(CCCCCCCCCCCCCCCCCC)c2ccc(S(=O)(=O)O)cc2c1. The Morgan fingerprint density at radius 2 is 0.760 bits per heavy atom. The van der Waals surface area contributed by atoms with Gasteiger partial charge in [0.25, 0.3) is 10.1 Å². The topological polar surface area (TPSA) is 54.4 Å². The van der Waals surface area contributed by atoms with Crippen LogP contribution in [-0.2, 0) is 23.0 Å². The largest absolute Gasteiger partial charge is 0.294 e. The van der Waals surface area contributed by atoms with Gasteiger partial charge in [0, 0.05) is 0 Å². The van der Waals surface area contributed by atoms with E-state index in [2.05, 4.69) is 26.0 Å². The standard InChI is InChI=1S/C46H80O3S/c1-3-5-7-9-11-13-15-17-19-21-23-25-27-29-31-33-35-42-39-43(46-38-37-45(50(47,48)49)41-44(46)40-42)36-34-32-30-28-26-24-22-20-18-16-14-12-10-8-6-4-2/h37-41H,3-36H2,1-2H3,(H,47,48,49). The highest BCUT2D eigenvalue weighted by Crippen LogP contribution is 2.27. The molecule has 0 spiro atoms. The van der Waals surface area contributed by atoms with E-state index in [0.717, 1.165) is 23.6 Å². The van der Waals surface area contributed by atoms with Crippen LogP contribution in [0.25, 0.3) is 10.8 Å². The third kappa shape index (κ3) is 22.5. The smallest absolute Gasteiger partial charge is 0.282 e. The van der Waals surface area contributed by atoms with Crippen molar-refractivity contribution >= 4 is 20.9 Å². The second kappa shape index (κ2) is 30.1. The van der Waals surface area contributed by atoms with Gasteiger partial charge in [0.1, 0.15) is 0 Å². The number of aryl methyl sites for hydroxylation is 2. The monoisotopic (exact) mass is 713 g/mol. The van der Waals surface area contributed by atoms with Gasteiger partial charge in [0.15, 0.2) is 0 Å². The van der Waals surface area contributed by atoms with Crippen molar-refractivity contribution < 1.29 is 13.0 Å². The van der Waals surface area contributed by atoms with E-state index in [4.69, 9.17) is 0 Å². The molecule has 0 fully saturated rings. The van der Waals surface area contributed by atoms with E-state index < -0.39 is 10.1 Å². The second-order valence-corrected chi connectivity index (χ2v) is 17.1. The van der Waals surface area contributed by atoms with Crippen LogP contribution >= 0.6 is 0 Å². The molecule has 0 aromatic heterocycles. The summed E-state index contributed by atoms with van der Waals surface area (Å²) in [6.07, 6.45) is 46.1. The average molecular weight is 713 g/mol. The van der Waals surface area contributed by atoms with Gasteiger partial charge in [-0.3, -0.25) is 4.55 Å². The molecular weight excluding hydrogens is 633 g/mol. The molecule has 0 aliphatic carbocycles. The van der Waals surface area contributed by atoms with Crippen molar-refractivity contribution in [2.24, 2.45) is 0 Å². The average Bonchev–Trinajstić information content (AvgIpc) is 3.10. The fraction of sp³-hybridized carbons (Fsp3) is 0.783. The lowest BCUT2D eigenvalue weighted by Crippen LogP contribution is -1.99. The summed E-state index contributed by atoms with van der Waals surface area (Å²) in [5.74, 6) is 0. The van der Waals surface area contributed by atoms with Gasteiger partial charge in [-0.2, -0.15) is 8.42 Å². The maximum Gasteiger partial charge on any atom is 0.294 e. The van der Waals surface area contributed by atoms with Crippen molar-refractivity contribution in [2.75, 3.05) is 0 Å². The van der Waals surface area contributed by atoms with Gasteiger partial charge in [-0.05, 0) is 59.7 Å². The van der Waals surface area contributed by atoms with Crippen LogP contribution < -0.4 is 0 Å². The van der Waals surface area contributed by atoms with E-state index in [-0.39, 0.29) is 4.90 Å². The molecule has 0 aliphatic rings. The van der Waals surface area contributed by atoms with Crippen LogP contribution in [0.4, 0.5) is 0 Å². The summed E-state index contributed by atoms with van der Waals surface area (Å²) in [5.41, 5.74) is 2.64. The predicted molar refractivity (Wildman–Crippen MR) is 220 cm³/mol. The highest BCUT2D eigenvalue weighted by atomic mass is 32.2. The number of hydrogen-bond donors (Lipinski definition) is 1. The van der Waals surface area contributed by atoms with Crippen molar-refractivity contribution in [1.29, 1.82) is 0 Å². The van der Waals surface area contributed by atoms with E-state index in [1.54, 1.807) is 12.1 Å². The van der Waals surface area contributed by atoms with Crippen LogP contribution in [0.15, 0.2) is 35.2 Å². The van der Waals surface area contributed by atoms with Crippen LogP contribution in [0.3, 0.4) is 0 Å². The third-order valence-corrected chi connectivity index (χ3v) is 11.8. The third-order valence-electron chi connectivity index (χ3n) is 11.0. The molecule has 3 nitrogen and oxygen atoms in total. The summed E-state index contributed by atoms with van der Waals surface area (Å²) >= 11 is 0. The second-order valence-electron chi connectivity index (χ2n) is 15.7. The molecule has 2 aromatic rings. The Kier molecular flexibility index (Phi) is 27.0. The molecule has 0 bridgehead atoms. The summed E-state index contributed by atoms with van der Waals surface area (Å²) in [5, 5.41) is 2.08. The van der Waals surface area contributed by atoms with Gasteiger partial charge in [0.05, 0.1) is 4.90 Å². The Balaban J connectivity index is 1.63. The molecule has 0 saturated heterocycles. The Hall–Kier alpha value is -1.39. The lowest BCUT2D eigenvalue weighted by atomic mass is 9.94. The number of rotatable bonds is 35. The number of benzene rings is 2. The molecular formula is C46H80O3S. The minimum absolute atomic E-state index is 0.00193. The highest BCUT2D eigenvalue weighted by molar-refractivity contribution is 7.85. The van der Waals surface area contributed by atoms with E-state index in [1.165, 1.54) is 217 Å². The summed E-state index contributed by atoms with van der Waals surface area (Å²) in [6, 6.07) is 9.67. The number of unbranched alkanes of at least 4 members (excludes halogenated alkanes) is 30. The maximum atomic E-state index is 11.9. The van der Waals surface area contributed by atoms with Gasteiger partial charge >= 0.3 is 0 Å². The molecule has 0 radical (unpaired) electrons. The predicted octanol–water partition coefficient (Wildman–Crippen LogP) is 15.7. The lowest BCUT2D eigenvalue weighted by molar-refractivity contribution is 0.483. The van der Waals surface area contributed by atoms with Crippen LogP contribution in [0.1, 0.15) is 230 Å². The highest BCUT2D eigenvalue weighted by Gasteiger charge is 2.12. The lowest BCUT2D eigenvalue weighted by Gasteiger charge is -2.12. The Morgan fingerprint density at radius 1 is 0.420 bits per heavy atom. The molecule has 2 aromatic carbocycles. The Morgan fingerprint density at radius 3 is 1.12 bits per heavy atom. The summed E-state index contributed by atoms with van der Waals surface area (Å²) in [6.45, 7) is 4.58. The van der Waals surface area contributed by atoms with Gasteiger partial charge in [0.2, 0.25) is 0 Å². The quantitative estimate of drug-likeness (QED) is 0.0572. The summed E-state index contributed by atoms with van der Waals surface area (Å²) < 4.78 is 33.4. The Labute approximate surface area is 311 Å². The molecule has 0 heterocycles. The van der Waals surface area contributed by atoms with Gasteiger partial charge in [-0.15, -0.1) is 0 Å². The van der Waals surface area contributed by atoms with Crippen molar-refractivity contribution in [3.05, 3.63) is 41.5 Å². The molecule has 288 valence electrons. The zero-order valence-electron chi connectivity index (χ0n) is 33.1. The van der Waals surface area contributed by atoms with Crippen LogP contribution in [0.2, 0.25) is 0 Å². The molecule has 50 heavy (non-hydrogen) atoms. The van der Waals surface area contributed by atoms with E-state index >= 15 is 0 Å². The van der Waals surface area contributed by atoms with Crippen molar-refractivity contribution in [2.45, 2.75) is 237 Å². The molecule has 0 atom stereocenters. The fourth-order valence-electron chi connectivity index (χ4n) is 7.75. The number of hydrogen-bond acceptors (Lipinski definition) is 2. The van der Waals surface area contributed by atoms with Crippen LogP contribution in [0.5, 0.6) is 0 Å². The Bertz CT molecular complexity index is 1190. The molecule has 2 rings (SSSR count). The minimum atomic E-state index is -4.21. The fourth-order valence-corrected chi connectivity index (χ4v) is 8.26. The van der Waals surface area contributed by atoms with E-state index in [9.17, 15) is 13.0 Å². The first-order valence-corrected chi connectivity index (χ1v) is 23.4. The van der Waals surface area contributed by atoms with E-state index in [1.807, 2.05) is 6.07 Å². The van der Waals surface area contributed by atoms with Gasteiger partial charge in [-0.25, -0.2) is 0 Å². The van der Waals surface area contributed by atoms with Crippen molar-refractivity contribution in [3.63, 3.8) is 0 Å². The molecule has 1 N–H and O–H groups in total. The maximum absolute atomic E-state index is 11.9. The van der Waals surface area contributed by atoms with Gasteiger partial charge < -0.3 is 0 Å².